The Labute approximate surface area is 160 Å². The largest absolute Gasteiger partial charge is 0.490 e. The van der Waals surface area contributed by atoms with E-state index in [0.717, 1.165) is 16.6 Å². The second-order valence-corrected chi connectivity index (χ2v) is 6.66. The first kappa shape index (κ1) is 20.8. The Hall–Kier alpha value is -1.28. The third kappa shape index (κ3) is 6.32. The Bertz CT molecular complexity index is 653. The summed E-state index contributed by atoms with van der Waals surface area (Å²) in [6, 6.07) is 7.99. The Morgan fingerprint density at radius 3 is 2.75 bits per heavy atom. The molecule has 0 saturated carbocycles. The molecule has 0 bridgehead atoms. The summed E-state index contributed by atoms with van der Waals surface area (Å²) in [5.41, 5.74) is 6.19. The van der Waals surface area contributed by atoms with Gasteiger partial charge in [-0.2, -0.15) is 0 Å². The molecule has 0 aliphatic carbocycles. The van der Waals surface area contributed by atoms with Crippen molar-refractivity contribution in [2.45, 2.75) is 20.0 Å². The van der Waals surface area contributed by atoms with E-state index in [2.05, 4.69) is 32.7 Å². The fourth-order valence-electron chi connectivity index (χ4n) is 2.01. The quantitative estimate of drug-likeness (QED) is 0.632. The smallest absolute Gasteiger partial charge is 0.255 e. The maximum absolute atomic E-state index is 10.9. The molecule has 0 atom stereocenters. The predicted molar refractivity (Wildman–Crippen MR) is 102 cm³/mol. The highest BCUT2D eigenvalue weighted by Crippen LogP contribution is 2.37. The zero-order valence-corrected chi connectivity index (χ0v) is 16.4. The summed E-state index contributed by atoms with van der Waals surface area (Å²) in [6.07, 6.45) is 0. The van der Waals surface area contributed by atoms with Gasteiger partial charge in [-0.25, -0.2) is 0 Å². The van der Waals surface area contributed by atoms with Crippen LogP contribution in [0.1, 0.15) is 17.4 Å². The summed E-state index contributed by atoms with van der Waals surface area (Å²) in [4.78, 5) is 12.2. The minimum atomic E-state index is -0.527. The van der Waals surface area contributed by atoms with Crippen LogP contribution in [-0.4, -0.2) is 19.1 Å². The molecule has 24 heavy (non-hydrogen) atoms. The summed E-state index contributed by atoms with van der Waals surface area (Å²) >= 11 is 5.19. The van der Waals surface area contributed by atoms with E-state index in [9.17, 15) is 4.79 Å². The van der Waals surface area contributed by atoms with Crippen molar-refractivity contribution in [2.24, 2.45) is 5.73 Å². The number of carbonyl (C=O) groups is 1. The van der Waals surface area contributed by atoms with Crippen molar-refractivity contribution in [3.8, 4) is 11.5 Å². The van der Waals surface area contributed by atoms with Crippen molar-refractivity contribution in [1.82, 2.24) is 5.32 Å². The van der Waals surface area contributed by atoms with Crippen molar-refractivity contribution >= 4 is 45.6 Å². The average Bonchev–Trinajstić information content (AvgIpc) is 3.00. The molecule has 2 rings (SSSR count). The molecule has 0 saturated heterocycles. The van der Waals surface area contributed by atoms with Crippen LogP contribution in [0.5, 0.6) is 11.5 Å². The molecule has 1 aromatic carbocycles. The van der Waals surface area contributed by atoms with Crippen LogP contribution in [0.4, 0.5) is 0 Å². The lowest BCUT2D eigenvalue weighted by atomic mass is 10.2. The van der Waals surface area contributed by atoms with Crippen LogP contribution in [-0.2, 0) is 17.9 Å². The molecule has 1 heterocycles. The minimum absolute atomic E-state index is 0. The Morgan fingerprint density at radius 1 is 1.33 bits per heavy atom. The first-order valence-electron chi connectivity index (χ1n) is 7.19. The molecule has 0 unspecified atom stereocenters. The first-order valence-corrected chi connectivity index (χ1v) is 8.86. The van der Waals surface area contributed by atoms with Gasteiger partial charge in [0.25, 0.3) is 5.91 Å². The van der Waals surface area contributed by atoms with Crippen LogP contribution in [0.15, 0.2) is 34.1 Å². The number of amides is 1. The lowest BCUT2D eigenvalue weighted by Gasteiger charge is -2.15. The van der Waals surface area contributed by atoms with Crippen molar-refractivity contribution in [2.75, 3.05) is 13.2 Å². The number of hydrogen-bond donors (Lipinski definition) is 2. The molecule has 1 aromatic heterocycles. The number of hydrogen-bond acceptors (Lipinski definition) is 5. The normalized spacial score (nSPS) is 10.1. The summed E-state index contributed by atoms with van der Waals surface area (Å²) < 4.78 is 11.8. The maximum Gasteiger partial charge on any atom is 0.255 e. The van der Waals surface area contributed by atoms with E-state index in [-0.39, 0.29) is 19.0 Å². The lowest BCUT2D eigenvalue weighted by Crippen LogP contribution is -2.20. The highest BCUT2D eigenvalue weighted by Gasteiger charge is 2.13. The predicted octanol–water partition coefficient (Wildman–Crippen LogP) is 3.49. The van der Waals surface area contributed by atoms with Crippen LogP contribution in [0.25, 0.3) is 0 Å². The molecular weight excluding hydrogens is 416 g/mol. The van der Waals surface area contributed by atoms with Crippen LogP contribution in [0.2, 0.25) is 0 Å². The summed E-state index contributed by atoms with van der Waals surface area (Å²) in [6.45, 7) is 3.74. The van der Waals surface area contributed by atoms with E-state index in [4.69, 9.17) is 15.2 Å². The molecule has 5 nitrogen and oxygen atoms in total. The molecule has 132 valence electrons. The average molecular weight is 436 g/mol. The second-order valence-electron chi connectivity index (χ2n) is 4.78. The molecule has 8 heteroatoms. The Kier molecular flexibility index (Phi) is 9.13. The molecule has 0 fully saturated rings. The van der Waals surface area contributed by atoms with E-state index < -0.39 is 5.91 Å². The van der Waals surface area contributed by atoms with E-state index in [1.807, 2.05) is 25.1 Å². The number of carbonyl (C=O) groups excluding carboxylic acids is 1. The summed E-state index contributed by atoms with van der Waals surface area (Å²) in [5.74, 6) is 0.560. The number of primary amides is 1. The van der Waals surface area contributed by atoms with Crippen molar-refractivity contribution < 1.29 is 14.3 Å². The van der Waals surface area contributed by atoms with Gasteiger partial charge in [0.2, 0.25) is 0 Å². The molecule has 0 aliphatic rings. The third-order valence-electron chi connectivity index (χ3n) is 2.94. The topological polar surface area (TPSA) is 73.6 Å². The van der Waals surface area contributed by atoms with Crippen LogP contribution in [0, 0.1) is 0 Å². The fourth-order valence-corrected chi connectivity index (χ4v) is 3.29. The molecule has 0 aliphatic heterocycles. The van der Waals surface area contributed by atoms with Gasteiger partial charge in [0, 0.05) is 18.0 Å². The zero-order valence-electron chi connectivity index (χ0n) is 13.2. The summed E-state index contributed by atoms with van der Waals surface area (Å²) in [5, 5.41) is 5.45. The molecule has 1 amide bonds. The van der Waals surface area contributed by atoms with Gasteiger partial charge in [-0.05, 0) is 52.0 Å². The van der Waals surface area contributed by atoms with Gasteiger partial charge in [-0.1, -0.05) is 6.07 Å². The van der Waals surface area contributed by atoms with E-state index in [1.54, 1.807) is 11.3 Å². The van der Waals surface area contributed by atoms with Gasteiger partial charge >= 0.3 is 0 Å². The minimum Gasteiger partial charge on any atom is -0.490 e. The van der Waals surface area contributed by atoms with Crippen LogP contribution in [0.3, 0.4) is 0 Å². The van der Waals surface area contributed by atoms with Crippen LogP contribution >= 0.6 is 39.7 Å². The monoisotopic (exact) mass is 434 g/mol. The van der Waals surface area contributed by atoms with Crippen molar-refractivity contribution in [1.29, 1.82) is 0 Å². The summed E-state index contributed by atoms with van der Waals surface area (Å²) in [7, 11) is 0. The number of rotatable bonds is 9. The fraction of sp³-hybridized carbons (Fsp3) is 0.312. The van der Waals surface area contributed by atoms with E-state index in [0.29, 0.717) is 24.7 Å². The van der Waals surface area contributed by atoms with Gasteiger partial charge < -0.3 is 20.5 Å². The number of halogens is 2. The number of thiophene rings is 1. The van der Waals surface area contributed by atoms with Gasteiger partial charge in [0.1, 0.15) is 0 Å². The molecule has 0 spiro atoms. The van der Waals surface area contributed by atoms with Gasteiger partial charge in [-0.3, -0.25) is 4.79 Å². The highest BCUT2D eigenvalue weighted by molar-refractivity contribution is 9.10. The number of nitrogens with one attached hydrogen (secondary N) is 1. The van der Waals surface area contributed by atoms with Gasteiger partial charge in [0.15, 0.2) is 18.1 Å². The van der Waals surface area contributed by atoms with Gasteiger partial charge in [0.05, 0.1) is 11.1 Å². The van der Waals surface area contributed by atoms with Crippen molar-refractivity contribution in [3.63, 3.8) is 0 Å². The zero-order chi connectivity index (χ0) is 16.7. The number of benzene rings is 1. The highest BCUT2D eigenvalue weighted by atomic mass is 79.9. The number of ether oxygens (including phenoxy) is 2. The van der Waals surface area contributed by atoms with Crippen LogP contribution < -0.4 is 20.5 Å². The molecule has 2 aromatic rings. The molecule has 0 radical (unpaired) electrons. The first-order chi connectivity index (χ1) is 11.1. The Balaban J connectivity index is 0.00000288. The Morgan fingerprint density at radius 2 is 2.12 bits per heavy atom. The van der Waals surface area contributed by atoms with Crippen molar-refractivity contribution in [3.05, 3.63) is 44.6 Å². The molecule has 3 N–H and O–H groups in total. The molecular formula is C16H20BrClN2O3S. The third-order valence-corrected chi connectivity index (χ3v) is 4.40. The number of nitrogens with two attached hydrogens (primary N) is 1. The second kappa shape index (κ2) is 10.6. The lowest BCUT2D eigenvalue weighted by molar-refractivity contribution is -0.119. The van der Waals surface area contributed by atoms with E-state index >= 15 is 0 Å². The van der Waals surface area contributed by atoms with E-state index in [1.165, 1.54) is 4.88 Å². The maximum atomic E-state index is 10.9. The SMILES string of the molecule is CCOc1cc(CNCc2cccs2)cc(Br)c1OCC(N)=O.Cl. The standard InChI is InChI=1S/C16H19BrN2O3S.ClH/c1-2-21-14-7-11(8-19-9-12-4-3-5-23-12)6-13(17)16(14)22-10-15(18)20;/h3-7,19H,2,8-10H2,1H3,(H2,18,20);1H. The van der Waals surface area contributed by atoms with Gasteiger partial charge in [-0.15, -0.1) is 23.7 Å².